The van der Waals surface area contributed by atoms with Crippen molar-refractivity contribution in [3.05, 3.63) is 29.8 Å². The molecule has 1 aromatic rings. The van der Waals surface area contributed by atoms with E-state index < -0.39 is 10.0 Å². The normalized spacial score (nSPS) is 15.8. The Bertz CT molecular complexity index is 653. The Labute approximate surface area is 144 Å². The Balaban J connectivity index is 1.98. The molecule has 0 saturated heterocycles. The molecule has 1 amide bonds. The van der Waals surface area contributed by atoms with E-state index >= 15 is 0 Å². The van der Waals surface area contributed by atoms with Gasteiger partial charge in [-0.05, 0) is 58.1 Å². The fourth-order valence-electron chi connectivity index (χ4n) is 2.83. The molecule has 6 nitrogen and oxygen atoms in total. The third kappa shape index (κ3) is 5.58. The lowest BCUT2D eigenvalue weighted by molar-refractivity contribution is 0.0937. The number of hydrogen-bond acceptors (Lipinski definition) is 4. The minimum atomic E-state index is -3.59. The number of hydrogen-bond donors (Lipinski definition) is 2. The fourth-order valence-corrected chi connectivity index (χ4v) is 3.95. The molecule has 0 radical (unpaired) electrons. The molecule has 24 heavy (non-hydrogen) atoms. The summed E-state index contributed by atoms with van der Waals surface area (Å²) in [5, 5.41) is 2.98. The Hall–Kier alpha value is -1.44. The van der Waals surface area contributed by atoms with E-state index in [9.17, 15) is 13.2 Å². The zero-order valence-corrected chi connectivity index (χ0v) is 15.2. The summed E-state index contributed by atoms with van der Waals surface area (Å²) in [6, 6.07) is 6.42. The van der Waals surface area contributed by atoms with Crippen molar-refractivity contribution in [2.24, 2.45) is 0 Å². The number of nitrogens with one attached hydrogen (secondary N) is 2. The van der Waals surface area contributed by atoms with Crippen LogP contribution in [0.3, 0.4) is 0 Å². The average molecular weight is 353 g/mol. The summed E-state index contributed by atoms with van der Waals surface area (Å²) in [5.41, 5.74) is 0.387. The van der Waals surface area contributed by atoms with Crippen molar-refractivity contribution in [2.75, 3.05) is 27.2 Å². The summed E-state index contributed by atoms with van der Waals surface area (Å²) < 4.78 is 27.3. The molecular formula is C17H27N3O3S. The molecule has 2 rings (SSSR count). The first-order valence-electron chi connectivity index (χ1n) is 8.44. The van der Waals surface area contributed by atoms with Crippen LogP contribution in [0.25, 0.3) is 0 Å². The molecule has 0 aliphatic heterocycles. The average Bonchev–Trinajstić information content (AvgIpc) is 3.04. The molecule has 0 unspecified atom stereocenters. The Morgan fingerprint density at radius 3 is 2.62 bits per heavy atom. The van der Waals surface area contributed by atoms with Gasteiger partial charge in [-0.2, -0.15) is 0 Å². The second-order valence-electron chi connectivity index (χ2n) is 6.54. The summed E-state index contributed by atoms with van der Waals surface area (Å²) in [7, 11) is 0.301. The molecule has 0 aromatic heterocycles. The SMILES string of the molecule is CN(C)CCCNS(=O)(=O)c1cccc(C(=O)NC2CCCC2)c1. The zero-order valence-electron chi connectivity index (χ0n) is 14.4. The third-order valence-electron chi connectivity index (χ3n) is 4.17. The summed E-state index contributed by atoms with van der Waals surface area (Å²) in [6.45, 7) is 1.19. The first kappa shape index (κ1) is 18.9. The van der Waals surface area contributed by atoms with Crippen molar-refractivity contribution in [1.82, 2.24) is 14.9 Å². The highest BCUT2D eigenvalue weighted by molar-refractivity contribution is 7.89. The second-order valence-corrected chi connectivity index (χ2v) is 8.30. The van der Waals surface area contributed by atoms with Gasteiger partial charge in [0.05, 0.1) is 4.90 Å². The number of rotatable bonds is 8. The lowest BCUT2D eigenvalue weighted by atomic mass is 10.2. The highest BCUT2D eigenvalue weighted by Gasteiger charge is 2.20. The number of nitrogens with zero attached hydrogens (tertiary/aromatic N) is 1. The molecule has 0 spiro atoms. The van der Waals surface area contributed by atoms with Gasteiger partial charge in [0.1, 0.15) is 0 Å². The van der Waals surface area contributed by atoms with Gasteiger partial charge in [0, 0.05) is 18.2 Å². The number of amides is 1. The van der Waals surface area contributed by atoms with Crippen molar-refractivity contribution in [3.8, 4) is 0 Å². The summed E-state index contributed by atoms with van der Waals surface area (Å²) in [6.07, 6.45) is 4.99. The van der Waals surface area contributed by atoms with Crippen molar-refractivity contribution in [3.63, 3.8) is 0 Å². The van der Waals surface area contributed by atoms with Crippen LogP contribution in [0.1, 0.15) is 42.5 Å². The zero-order chi connectivity index (χ0) is 17.6. The second kappa shape index (κ2) is 8.60. The molecule has 0 bridgehead atoms. The summed E-state index contributed by atoms with van der Waals surface area (Å²) >= 11 is 0. The van der Waals surface area contributed by atoms with E-state index in [1.54, 1.807) is 12.1 Å². The van der Waals surface area contributed by atoms with Crippen LogP contribution >= 0.6 is 0 Å². The molecule has 1 aliphatic rings. The lowest BCUT2D eigenvalue weighted by Gasteiger charge is -2.13. The molecule has 7 heteroatoms. The van der Waals surface area contributed by atoms with Crippen LogP contribution in [-0.4, -0.2) is 52.5 Å². The maximum Gasteiger partial charge on any atom is 0.251 e. The van der Waals surface area contributed by atoms with Crippen molar-refractivity contribution in [1.29, 1.82) is 0 Å². The first-order chi connectivity index (χ1) is 11.4. The molecule has 0 heterocycles. The quantitative estimate of drug-likeness (QED) is 0.696. The fraction of sp³-hybridized carbons (Fsp3) is 0.588. The number of sulfonamides is 1. The van der Waals surface area contributed by atoms with Crippen molar-refractivity contribution in [2.45, 2.75) is 43.0 Å². The van der Waals surface area contributed by atoms with E-state index in [0.29, 0.717) is 12.1 Å². The van der Waals surface area contributed by atoms with Crippen molar-refractivity contribution < 1.29 is 13.2 Å². The highest BCUT2D eigenvalue weighted by atomic mass is 32.2. The van der Waals surface area contributed by atoms with E-state index in [1.807, 2.05) is 19.0 Å². The van der Waals surface area contributed by atoms with Gasteiger partial charge in [-0.1, -0.05) is 18.9 Å². The van der Waals surface area contributed by atoms with Gasteiger partial charge >= 0.3 is 0 Å². The molecule has 1 saturated carbocycles. The molecule has 1 fully saturated rings. The van der Waals surface area contributed by atoms with Gasteiger partial charge in [-0.25, -0.2) is 13.1 Å². The molecule has 2 N–H and O–H groups in total. The maximum atomic E-state index is 12.3. The van der Waals surface area contributed by atoms with Gasteiger partial charge in [-0.3, -0.25) is 4.79 Å². The van der Waals surface area contributed by atoms with Crippen LogP contribution in [-0.2, 0) is 10.0 Å². The van der Waals surface area contributed by atoms with Crippen LogP contribution in [0.5, 0.6) is 0 Å². The number of carbonyl (C=O) groups is 1. The highest BCUT2D eigenvalue weighted by Crippen LogP contribution is 2.18. The van der Waals surface area contributed by atoms with Gasteiger partial charge in [0.15, 0.2) is 0 Å². The molecule has 1 aliphatic carbocycles. The van der Waals surface area contributed by atoms with Gasteiger partial charge in [0.25, 0.3) is 5.91 Å². The molecule has 134 valence electrons. The van der Waals surface area contributed by atoms with Crippen LogP contribution in [0.4, 0.5) is 0 Å². The van der Waals surface area contributed by atoms with Crippen LogP contribution in [0.2, 0.25) is 0 Å². The van der Waals surface area contributed by atoms with Crippen LogP contribution in [0, 0.1) is 0 Å². The van der Waals surface area contributed by atoms with E-state index in [2.05, 4.69) is 10.0 Å². The molecule has 1 aromatic carbocycles. The van der Waals surface area contributed by atoms with Gasteiger partial charge in [-0.15, -0.1) is 0 Å². The van der Waals surface area contributed by atoms with E-state index in [-0.39, 0.29) is 16.8 Å². The van der Waals surface area contributed by atoms with Gasteiger partial charge in [0.2, 0.25) is 10.0 Å². The Morgan fingerprint density at radius 2 is 1.96 bits per heavy atom. The predicted octanol–water partition coefficient (Wildman–Crippen LogP) is 1.59. The number of carbonyl (C=O) groups excluding carboxylic acids is 1. The summed E-state index contributed by atoms with van der Waals surface area (Å²) in [5.74, 6) is -0.202. The monoisotopic (exact) mass is 353 g/mol. The Morgan fingerprint density at radius 1 is 1.25 bits per heavy atom. The van der Waals surface area contributed by atoms with E-state index in [0.717, 1.165) is 38.6 Å². The first-order valence-corrected chi connectivity index (χ1v) is 9.92. The summed E-state index contributed by atoms with van der Waals surface area (Å²) in [4.78, 5) is 14.4. The molecular weight excluding hydrogens is 326 g/mol. The largest absolute Gasteiger partial charge is 0.349 e. The van der Waals surface area contributed by atoms with Crippen molar-refractivity contribution >= 4 is 15.9 Å². The minimum absolute atomic E-state index is 0.131. The van der Waals surface area contributed by atoms with Crippen LogP contribution < -0.4 is 10.0 Å². The Kier molecular flexibility index (Phi) is 6.77. The van der Waals surface area contributed by atoms with Gasteiger partial charge < -0.3 is 10.2 Å². The van der Waals surface area contributed by atoms with E-state index in [1.165, 1.54) is 12.1 Å². The third-order valence-corrected chi connectivity index (χ3v) is 5.63. The molecule has 0 atom stereocenters. The van der Waals surface area contributed by atoms with E-state index in [4.69, 9.17) is 0 Å². The smallest absolute Gasteiger partial charge is 0.251 e. The standard InChI is InChI=1S/C17H27N3O3S/c1-20(2)12-6-11-18-24(22,23)16-10-5-7-14(13-16)17(21)19-15-8-3-4-9-15/h5,7,10,13,15,18H,3-4,6,8-9,11-12H2,1-2H3,(H,19,21). The minimum Gasteiger partial charge on any atom is -0.349 e. The van der Waals surface area contributed by atoms with Crippen LogP contribution in [0.15, 0.2) is 29.2 Å². The topological polar surface area (TPSA) is 78.5 Å². The predicted molar refractivity (Wildman–Crippen MR) is 94.5 cm³/mol. The number of benzene rings is 1. The maximum absolute atomic E-state index is 12.3. The lowest BCUT2D eigenvalue weighted by Crippen LogP contribution is -2.33.